The number of halogens is 1. The van der Waals surface area contributed by atoms with Gasteiger partial charge in [-0.2, -0.15) is 5.10 Å². The van der Waals surface area contributed by atoms with E-state index in [0.29, 0.717) is 16.2 Å². The average molecular weight is 329 g/mol. The van der Waals surface area contributed by atoms with E-state index in [-0.39, 0.29) is 24.1 Å². The Labute approximate surface area is 119 Å². The summed E-state index contributed by atoms with van der Waals surface area (Å²) < 4.78 is 1.79. The first kappa shape index (κ1) is 14.0. The molecule has 0 radical (unpaired) electrons. The zero-order valence-corrected chi connectivity index (χ0v) is 12.5. The Kier molecular flexibility index (Phi) is 4.24. The van der Waals surface area contributed by atoms with Gasteiger partial charge >= 0.3 is 0 Å². The van der Waals surface area contributed by atoms with Gasteiger partial charge in [-0.3, -0.25) is 9.59 Å². The molecule has 0 atom stereocenters. The molecule has 0 saturated heterocycles. The van der Waals surface area contributed by atoms with E-state index in [1.54, 1.807) is 6.20 Å². The molecule has 1 aliphatic rings. The van der Waals surface area contributed by atoms with Crippen molar-refractivity contribution in [2.45, 2.75) is 38.8 Å². The molecule has 7 heteroatoms. The number of amides is 1. The predicted molar refractivity (Wildman–Crippen MR) is 76.2 cm³/mol. The normalized spacial score (nSPS) is 14.5. The van der Waals surface area contributed by atoms with Crippen LogP contribution in [0.4, 0.5) is 5.69 Å². The fourth-order valence-electron chi connectivity index (χ4n) is 1.62. The SMILES string of the molecule is CC(C)n1ncc(NCC(=O)NC2CC2)c(Br)c1=O. The molecule has 1 aromatic rings. The largest absolute Gasteiger partial charge is 0.374 e. The fraction of sp³-hybridized carbons (Fsp3) is 0.583. The Morgan fingerprint density at radius 3 is 2.84 bits per heavy atom. The van der Waals surface area contributed by atoms with Gasteiger partial charge in [-0.15, -0.1) is 0 Å². The minimum Gasteiger partial charge on any atom is -0.374 e. The van der Waals surface area contributed by atoms with E-state index in [4.69, 9.17) is 0 Å². The van der Waals surface area contributed by atoms with Crippen LogP contribution in [-0.2, 0) is 4.79 Å². The molecule has 0 aromatic carbocycles. The van der Waals surface area contributed by atoms with Gasteiger partial charge in [-0.25, -0.2) is 4.68 Å². The summed E-state index contributed by atoms with van der Waals surface area (Å²) in [6.45, 7) is 3.91. The molecule has 0 spiro atoms. The van der Waals surface area contributed by atoms with Crippen LogP contribution in [0.2, 0.25) is 0 Å². The van der Waals surface area contributed by atoms with Crippen molar-refractivity contribution in [2.75, 3.05) is 11.9 Å². The van der Waals surface area contributed by atoms with Crippen molar-refractivity contribution in [3.05, 3.63) is 21.0 Å². The van der Waals surface area contributed by atoms with E-state index in [1.165, 1.54) is 4.68 Å². The number of aromatic nitrogens is 2. The molecule has 2 rings (SSSR count). The summed E-state index contributed by atoms with van der Waals surface area (Å²) in [4.78, 5) is 23.5. The van der Waals surface area contributed by atoms with Crippen molar-refractivity contribution in [3.63, 3.8) is 0 Å². The molecule has 1 aromatic heterocycles. The molecule has 1 fully saturated rings. The summed E-state index contributed by atoms with van der Waals surface area (Å²) in [5.41, 5.74) is 0.329. The number of carbonyl (C=O) groups excluding carboxylic acids is 1. The van der Waals surface area contributed by atoms with E-state index in [1.807, 2.05) is 13.8 Å². The average Bonchev–Trinajstić information content (AvgIpc) is 3.14. The first-order valence-corrected chi connectivity index (χ1v) is 7.09. The number of hydrogen-bond donors (Lipinski definition) is 2. The minimum atomic E-state index is -0.206. The molecule has 6 nitrogen and oxygen atoms in total. The third kappa shape index (κ3) is 3.56. The monoisotopic (exact) mass is 328 g/mol. The number of carbonyl (C=O) groups is 1. The second-order valence-corrected chi connectivity index (χ2v) is 5.70. The van der Waals surface area contributed by atoms with Gasteiger partial charge in [0.1, 0.15) is 4.47 Å². The number of nitrogens with zero attached hydrogens (tertiary/aromatic N) is 2. The molecular weight excluding hydrogens is 312 g/mol. The van der Waals surface area contributed by atoms with Gasteiger partial charge in [0, 0.05) is 6.04 Å². The molecule has 1 saturated carbocycles. The van der Waals surface area contributed by atoms with Crippen LogP contribution in [0, 0.1) is 0 Å². The molecule has 19 heavy (non-hydrogen) atoms. The highest BCUT2D eigenvalue weighted by Gasteiger charge is 2.23. The van der Waals surface area contributed by atoms with Crippen molar-refractivity contribution in [2.24, 2.45) is 0 Å². The molecule has 1 amide bonds. The van der Waals surface area contributed by atoms with E-state index in [9.17, 15) is 9.59 Å². The highest BCUT2D eigenvalue weighted by Crippen LogP contribution is 2.19. The van der Waals surface area contributed by atoms with Crippen molar-refractivity contribution >= 4 is 27.5 Å². The molecule has 1 aliphatic carbocycles. The van der Waals surface area contributed by atoms with Gasteiger partial charge in [0.25, 0.3) is 5.56 Å². The number of hydrogen-bond acceptors (Lipinski definition) is 4. The Hall–Kier alpha value is -1.37. The van der Waals surface area contributed by atoms with E-state index >= 15 is 0 Å². The Morgan fingerprint density at radius 1 is 1.58 bits per heavy atom. The summed E-state index contributed by atoms with van der Waals surface area (Å²) in [6, 6.07) is 0.334. The van der Waals surface area contributed by atoms with E-state index in [0.717, 1.165) is 12.8 Å². The summed E-state index contributed by atoms with van der Waals surface area (Å²) >= 11 is 3.25. The quantitative estimate of drug-likeness (QED) is 0.853. The molecule has 0 unspecified atom stereocenters. The third-order valence-electron chi connectivity index (χ3n) is 2.81. The van der Waals surface area contributed by atoms with Crippen molar-refractivity contribution in [1.29, 1.82) is 0 Å². The molecule has 0 aliphatic heterocycles. The zero-order chi connectivity index (χ0) is 14.0. The molecular formula is C12H17BrN4O2. The van der Waals surface area contributed by atoms with E-state index < -0.39 is 0 Å². The lowest BCUT2D eigenvalue weighted by Gasteiger charge is -2.12. The first-order valence-electron chi connectivity index (χ1n) is 6.29. The second-order valence-electron chi connectivity index (χ2n) is 4.91. The highest BCUT2D eigenvalue weighted by atomic mass is 79.9. The Balaban J connectivity index is 2.02. The van der Waals surface area contributed by atoms with E-state index in [2.05, 4.69) is 31.7 Å². The maximum absolute atomic E-state index is 12.0. The van der Waals surface area contributed by atoms with Crippen LogP contribution in [0.5, 0.6) is 0 Å². The number of rotatable bonds is 5. The summed E-state index contributed by atoms with van der Waals surface area (Å²) in [5.74, 6) is -0.0672. The van der Waals surface area contributed by atoms with Crippen LogP contribution < -0.4 is 16.2 Å². The van der Waals surface area contributed by atoms with Crippen molar-refractivity contribution in [1.82, 2.24) is 15.1 Å². The summed E-state index contributed by atoms with van der Waals surface area (Å²) in [5, 5.41) is 9.86. The predicted octanol–water partition coefficient (Wildman–Crippen LogP) is 1.28. The van der Waals surface area contributed by atoms with Crippen molar-refractivity contribution in [3.8, 4) is 0 Å². The van der Waals surface area contributed by atoms with Crippen LogP contribution in [0.1, 0.15) is 32.7 Å². The first-order chi connectivity index (χ1) is 8.99. The summed E-state index contributed by atoms with van der Waals surface area (Å²) in [7, 11) is 0. The van der Waals surface area contributed by atoms with Crippen molar-refractivity contribution < 1.29 is 4.79 Å². The van der Waals surface area contributed by atoms with Crippen LogP contribution >= 0.6 is 15.9 Å². The second kappa shape index (κ2) is 5.73. The van der Waals surface area contributed by atoms with Gasteiger partial charge in [0.15, 0.2) is 0 Å². The lowest BCUT2D eigenvalue weighted by molar-refractivity contribution is -0.119. The van der Waals surface area contributed by atoms with Gasteiger partial charge in [0.05, 0.1) is 24.5 Å². The van der Waals surface area contributed by atoms with Crippen LogP contribution in [0.25, 0.3) is 0 Å². The standard InChI is InChI=1S/C12H17BrN4O2/c1-7(2)17-12(19)11(13)9(5-15-17)14-6-10(18)16-8-3-4-8/h5,7-8,14H,3-4,6H2,1-2H3,(H,16,18). The van der Waals surface area contributed by atoms with Crippen LogP contribution in [-0.4, -0.2) is 28.3 Å². The lowest BCUT2D eigenvalue weighted by atomic mass is 10.4. The minimum absolute atomic E-state index is 0.00369. The summed E-state index contributed by atoms with van der Waals surface area (Å²) in [6.07, 6.45) is 3.67. The maximum atomic E-state index is 12.0. The Bertz CT molecular complexity index is 537. The molecule has 2 N–H and O–H groups in total. The molecule has 104 valence electrons. The lowest BCUT2D eigenvalue weighted by Crippen LogP contribution is -2.32. The van der Waals surface area contributed by atoms with Gasteiger partial charge < -0.3 is 10.6 Å². The topological polar surface area (TPSA) is 76.0 Å². The van der Waals surface area contributed by atoms with Gasteiger partial charge in [-0.05, 0) is 42.6 Å². The fourth-order valence-corrected chi connectivity index (χ4v) is 2.04. The van der Waals surface area contributed by atoms with Crippen LogP contribution in [0.15, 0.2) is 15.5 Å². The highest BCUT2D eigenvalue weighted by molar-refractivity contribution is 9.10. The number of nitrogens with one attached hydrogen (secondary N) is 2. The van der Waals surface area contributed by atoms with Gasteiger partial charge in [-0.1, -0.05) is 0 Å². The van der Waals surface area contributed by atoms with Gasteiger partial charge in [0.2, 0.25) is 5.91 Å². The number of anilines is 1. The Morgan fingerprint density at radius 2 is 2.26 bits per heavy atom. The van der Waals surface area contributed by atoms with Crippen LogP contribution in [0.3, 0.4) is 0 Å². The third-order valence-corrected chi connectivity index (χ3v) is 3.58. The zero-order valence-electron chi connectivity index (χ0n) is 10.9. The maximum Gasteiger partial charge on any atom is 0.283 e. The molecule has 1 heterocycles. The molecule has 0 bridgehead atoms. The smallest absolute Gasteiger partial charge is 0.283 e.